The highest BCUT2D eigenvalue weighted by atomic mass is 32.2. The molecule has 0 aliphatic heterocycles. The van der Waals surface area contributed by atoms with Crippen LogP contribution in [0, 0.1) is 0 Å². The Bertz CT molecular complexity index is 709. The summed E-state index contributed by atoms with van der Waals surface area (Å²) >= 11 is 0.783. The van der Waals surface area contributed by atoms with E-state index in [0.29, 0.717) is 12.2 Å². The summed E-state index contributed by atoms with van der Waals surface area (Å²) in [6.07, 6.45) is 3.68. The zero-order valence-corrected chi connectivity index (χ0v) is 13.0. The third-order valence-corrected chi connectivity index (χ3v) is 5.15. The van der Waals surface area contributed by atoms with Crippen molar-refractivity contribution in [1.29, 1.82) is 0 Å². The Morgan fingerprint density at radius 1 is 1.48 bits per heavy atom. The van der Waals surface area contributed by atoms with Gasteiger partial charge < -0.3 is 10.3 Å². The number of carbonyl (C=O) groups excluding carboxylic acids is 1. The zero-order chi connectivity index (χ0) is 15.5. The summed E-state index contributed by atoms with van der Waals surface area (Å²) in [5, 5.41) is 9.72. The minimum absolute atomic E-state index is 0.133. The van der Waals surface area contributed by atoms with Crippen molar-refractivity contribution in [3.05, 3.63) is 18.2 Å². The SMILES string of the molecule is CCC(NS(=O)(=O)c1nnc(NC(C)=O)s1)c1ncc[nH]1. The first-order valence-electron chi connectivity index (χ1n) is 6.05. The Morgan fingerprint density at radius 2 is 2.24 bits per heavy atom. The molecule has 2 aromatic rings. The number of H-pyrrole nitrogens is 1. The molecule has 0 fully saturated rings. The number of carbonyl (C=O) groups is 1. The van der Waals surface area contributed by atoms with E-state index < -0.39 is 16.1 Å². The quantitative estimate of drug-likeness (QED) is 0.667. The van der Waals surface area contributed by atoms with Crippen molar-refractivity contribution in [3.63, 3.8) is 0 Å². The molecule has 2 aromatic heterocycles. The number of aromatic nitrogens is 4. The van der Waals surface area contributed by atoms with E-state index in [2.05, 4.69) is 30.2 Å². The number of aromatic amines is 1. The Hall–Kier alpha value is -1.85. The third-order valence-electron chi connectivity index (χ3n) is 2.47. The van der Waals surface area contributed by atoms with Gasteiger partial charge in [-0.2, -0.15) is 4.72 Å². The molecule has 0 bridgehead atoms. The van der Waals surface area contributed by atoms with Crippen molar-refractivity contribution in [2.24, 2.45) is 0 Å². The number of nitrogens with one attached hydrogen (secondary N) is 3. The number of anilines is 1. The van der Waals surface area contributed by atoms with E-state index in [-0.39, 0.29) is 15.4 Å². The molecule has 1 unspecified atom stereocenters. The molecule has 21 heavy (non-hydrogen) atoms. The van der Waals surface area contributed by atoms with E-state index in [4.69, 9.17) is 0 Å². The van der Waals surface area contributed by atoms with Crippen molar-refractivity contribution < 1.29 is 13.2 Å². The lowest BCUT2D eigenvalue weighted by atomic mass is 10.2. The largest absolute Gasteiger partial charge is 0.347 e. The predicted octanol–water partition coefficient (Wildman–Crippen LogP) is 0.649. The highest BCUT2D eigenvalue weighted by Crippen LogP contribution is 2.22. The molecule has 2 heterocycles. The zero-order valence-electron chi connectivity index (χ0n) is 11.3. The number of hydrogen-bond donors (Lipinski definition) is 3. The van der Waals surface area contributed by atoms with E-state index >= 15 is 0 Å². The summed E-state index contributed by atoms with van der Waals surface area (Å²) in [6, 6.07) is -0.488. The maximum atomic E-state index is 12.2. The second-order valence-electron chi connectivity index (χ2n) is 4.11. The van der Waals surface area contributed by atoms with Gasteiger partial charge in [0.25, 0.3) is 10.0 Å². The fourth-order valence-corrected chi connectivity index (χ4v) is 3.80. The first-order valence-corrected chi connectivity index (χ1v) is 8.35. The molecule has 0 saturated carbocycles. The van der Waals surface area contributed by atoms with Crippen LogP contribution in [0.4, 0.5) is 5.13 Å². The average molecular weight is 330 g/mol. The van der Waals surface area contributed by atoms with Gasteiger partial charge in [0.2, 0.25) is 15.4 Å². The molecule has 2 rings (SSSR count). The average Bonchev–Trinajstić information content (AvgIpc) is 3.06. The van der Waals surface area contributed by atoms with Crippen LogP contribution in [0.1, 0.15) is 32.1 Å². The molecule has 0 saturated heterocycles. The molecule has 3 N–H and O–H groups in total. The Balaban J connectivity index is 2.17. The van der Waals surface area contributed by atoms with Gasteiger partial charge in [-0.3, -0.25) is 4.79 Å². The molecule has 0 spiro atoms. The van der Waals surface area contributed by atoms with Crippen LogP contribution in [0.3, 0.4) is 0 Å². The second-order valence-corrected chi connectivity index (χ2v) is 6.98. The van der Waals surface area contributed by atoms with Crippen molar-refractivity contribution in [2.45, 2.75) is 30.6 Å². The number of nitrogens with zero attached hydrogens (tertiary/aromatic N) is 3. The molecule has 0 aliphatic rings. The van der Waals surface area contributed by atoms with Crippen LogP contribution in [-0.4, -0.2) is 34.5 Å². The summed E-state index contributed by atoms with van der Waals surface area (Å²) in [7, 11) is -3.83. The van der Waals surface area contributed by atoms with Crippen LogP contribution in [-0.2, 0) is 14.8 Å². The van der Waals surface area contributed by atoms with Gasteiger partial charge in [-0.1, -0.05) is 18.3 Å². The highest BCUT2D eigenvalue weighted by Gasteiger charge is 2.25. The molecular weight excluding hydrogens is 316 g/mol. The van der Waals surface area contributed by atoms with Crippen LogP contribution in [0.25, 0.3) is 0 Å². The van der Waals surface area contributed by atoms with Gasteiger partial charge in [-0.15, -0.1) is 10.2 Å². The maximum absolute atomic E-state index is 12.2. The van der Waals surface area contributed by atoms with Gasteiger partial charge >= 0.3 is 0 Å². The van der Waals surface area contributed by atoms with Crippen molar-refractivity contribution in [2.75, 3.05) is 5.32 Å². The van der Waals surface area contributed by atoms with E-state index in [1.54, 1.807) is 12.4 Å². The van der Waals surface area contributed by atoms with Gasteiger partial charge in [0, 0.05) is 19.3 Å². The highest BCUT2D eigenvalue weighted by molar-refractivity contribution is 7.91. The number of hydrogen-bond acceptors (Lipinski definition) is 7. The molecule has 0 aromatic carbocycles. The maximum Gasteiger partial charge on any atom is 0.270 e. The minimum Gasteiger partial charge on any atom is -0.347 e. The van der Waals surface area contributed by atoms with Gasteiger partial charge in [-0.05, 0) is 6.42 Å². The summed E-state index contributed by atoms with van der Waals surface area (Å²) in [5.41, 5.74) is 0. The van der Waals surface area contributed by atoms with E-state index in [1.165, 1.54) is 6.92 Å². The standard InChI is InChI=1S/C10H14N6O3S2/c1-3-7(8-11-4-5-12-8)16-21(18,19)10-15-14-9(20-10)13-6(2)17/h4-5,7,16H,3H2,1-2H3,(H,11,12)(H,13,14,17). The summed E-state index contributed by atoms with van der Waals surface area (Å²) < 4.78 is 26.8. The van der Waals surface area contributed by atoms with Gasteiger partial charge in [0.15, 0.2) is 0 Å². The first-order chi connectivity index (χ1) is 9.92. The fourth-order valence-electron chi connectivity index (χ4n) is 1.56. The topological polar surface area (TPSA) is 130 Å². The lowest BCUT2D eigenvalue weighted by Gasteiger charge is -2.13. The second kappa shape index (κ2) is 6.28. The van der Waals surface area contributed by atoms with Crippen LogP contribution in [0.15, 0.2) is 16.7 Å². The number of rotatable bonds is 6. The minimum atomic E-state index is -3.83. The first kappa shape index (κ1) is 15.5. The number of sulfonamides is 1. The van der Waals surface area contributed by atoms with Gasteiger partial charge in [0.1, 0.15) is 5.82 Å². The molecule has 9 nitrogen and oxygen atoms in total. The lowest BCUT2D eigenvalue weighted by Crippen LogP contribution is -2.29. The Labute approximate surface area is 125 Å². The van der Waals surface area contributed by atoms with E-state index in [0.717, 1.165) is 11.3 Å². The van der Waals surface area contributed by atoms with Crippen molar-refractivity contribution in [1.82, 2.24) is 24.9 Å². The normalized spacial score (nSPS) is 13.0. The van der Waals surface area contributed by atoms with E-state index in [9.17, 15) is 13.2 Å². The summed E-state index contributed by atoms with van der Waals surface area (Å²) in [4.78, 5) is 17.8. The molecule has 1 amide bonds. The molecular formula is C10H14N6O3S2. The predicted molar refractivity (Wildman–Crippen MR) is 76.2 cm³/mol. The van der Waals surface area contributed by atoms with Crippen molar-refractivity contribution >= 4 is 32.4 Å². The number of imidazole rings is 1. The Morgan fingerprint density at radius 3 is 2.81 bits per heavy atom. The third kappa shape index (κ3) is 3.83. The monoisotopic (exact) mass is 330 g/mol. The Kier molecular flexibility index (Phi) is 4.65. The summed E-state index contributed by atoms with van der Waals surface area (Å²) in [5.74, 6) is 0.178. The van der Waals surface area contributed by atoms with Crippen LogP contribution >= 0.6 is 11.3 Å². The molecule has 1 atom stereocenters. The molecule has 11 heteroatoms. The molecule has 114 valence electrons. The van der Waals surface area contributed by atoms with Crippen LogP contribution < -0.4 is 10.0 Å². The fraction of sp³-hybridized carbons (Fsp3) is 0.400. The summed E-state index contributed by atoms with van der Waals surface area (Å²) in [6.45, 7) is 3.14. The molecule has 0 radical (unpaired) electrons. The molecule has 0 aliphatic carbocycles. The lowest BCUT2D eigenvalue weighted by molar-refractivity contribution is -0.114. The van der Waals surface area contributed by atoms with E-state index in [1.807, 2.05) is 6.92 Å². The van der Waals surface area contributed by atoms with Crippen molar-refractivity contribution in [3.8, 4) is 0 Å². The number of amides is 1. The van der Waals surface area contributed by atoms with Gasteiger partial charge in [0.05, 0.1) is 6.04 Å². The van der Waals surface area contributed by atoms with Crippen LogP contribution in [0.2, 0.25) is 0 Å². The smallest absolute Gasteiger partial charge is 0.270 e. The van der Waals surface area contributed by atoms with Crippen LogP contribution in [0.5, 0.6) is 0 Å². The van der Waals surface area contributed by atoms with Gasteiger partial charge in [-0.25, -0.2) is 13.4 Å².